The van der Waals surface area contributed by atoms with Crippen molar-refractivity contribution < 1.29 is 24.2 Å². The van der Waals surface area contributed by atoms with E-state index in [9.17, 15) is 4.39 Å². The van der Waals surface area contributed by atoms with E-state index in [4.69, 9.17) is 25.5 Å². The molecule has 3 fully saturated rings. The summed E-state index contributed by atoms with van der Waals surface area (Å²) in [5.41, 5.74) is 7.96. The molecule has 3 aliphatic rings. The first-order valence-electron chi connectivity index (χ1n) is 11.9. The van der Waals surface area contributed by atoms with E-state index in [1.165, 1.54) is 38.3 Å². The maximum Gasteiger partial charge on any atom is 0.290 e. The number of carbonyl (C=O) groups is 2. The van der Waals surface area contributed by atoms with Gasteiger partial charge in [0.05, 0.1) is 0 Å². The number of halogens is 1. The van der Waals surface area contributed by atoms with Crippen LogP contribution in [-0.2, 0) is 16.0 Å². The van der Waals surface area contributed by atoms with Crippen LogP contribution >= 0.6 is 0 Å². The molecule has 3 saturated heterocycles. The molecular weight excluding hydrogens is 453 g/mol. The van der Waals surface area contributed by atoms with E-state index in [1.54, 1.807) is 6.07 Å². The predicted molar refractivity (Wildman–Crippen MR) is 131 cm³/mol. The van der Waals surface area contributed by atoms with E-state index in [2.05, 4.69) is 31.9 Å². The highest BCUT2D eigenvalue weighted by Crippen LogP contribution is 2.43. The molecule has 0 unspecified atom stereocenters. The Morgan fingerprint density at radius 1 is 1.11 bits per heavy atom. The number of hydrogen-bond donors (Lipinski definition) is 3. The van der Waals surface area contributed by atoms with Crippen LogP contribution in [0.1, 0.15) is 36.9 Å². The van der Waals surface area contributed by atoms with Crippen molar-refractivity contribution in [3.8, 4) is 0 Å². The zero-order chi connectivity index (χ0) is 25.4. The minimum Gasteiger partial charge on any atom is -0.483 e. The number of hydrogen-bond acceptors (Lipinski definition) is 7. The van der Waals surface area contributed by atoms with Gasteiger partial charge in [0.25, 0.3) is 12.9 Å². The van der Waals surface area contributed by atoms with Crippen molar-refractivity contribution in [1.82, 2.24) is 14.9 Å². The van der Waals surface area contributed by atoms with Crippen LogP contribution in [0.4, 0.5) is 16.2 Å². The third-order valence-electron chi connectivity index (χ3n) is 7.14. The molecule has 9 nitrogen and oxygen atoms in total. The first-order valence-corrected chi connectivity index (χ1v) is 11.9. The molecule has 0 aliphatic carbocycles. The fraction of sp³-hybridized carbons (Fsp3) is 0.520. The summed E-state index contributed by atoms with van der Waals surface area (Å²) in [6.45, 7) is 4.68. The number of anilines is 2. The average Bonchev–Trinajstić information content (AvgIpc) is 2.82. The molecule has 5 rings (SSSR count). The summed E-state index contributed by atoms with van der Waals surface area (Å²) in [7, 11) is 0. The Morgan fingerprint density at radius 2 is 1.83 bits per heavy atom. The molecule has 0 saturated carbocycles. The van der Waals surface area contributed by atoms with Gasteiger partial charge in [0.15, 0.2) is 0 Å². The minimum absolute atomic E-state index is 0.136. The van der Waals surface area contributed by atoms with Crippen molar-refractivity contribution in [2.75, 3.05) is 30.3 Å². The molecule has 35 heavy (non-hydrogen) atoms. The van der Waals surface area contributed by atoms with E-state index in [0.29, 0.717) is 29.9 Å². The van der Waals surface area contributed by atoms with Crippen LogP contribution in [0.2, 0.25) is 0 Å². The summed E-state index contributed by atoms with van der Waals surface area (Å²) in [6.07, 6.45) is 6.05. The lowest BCUT2D eigenvalue weighted by Gasteiger charge is -2.57. The number of rotatable bonds is 3. The van der Waals surface area contributed by atoms with Gasteiger partial charge in [-0.1, -0.05) is 18.6 Å². The minimum atomic E-state index is -0.250. The van der Waals surface area contributed by atoms with Gasteiger partial charge in [-0.3, -0.25) is 14.5 Å². The molecule has 190 valence electrons. The highest BCUT2D eigenvalue weighted by molar-refractivity contribution is 5.44. The average molecular weight is 488 g/mol. The van der Waals surface area contributed by atoms with Crippen molar-refractivity contribution in [1.29, 1.82) is 0 Å². The molecule has 0 amide bonds. The van der Waals surface area contributed by atoms with Gasteiger partial charge in [0.1, 0.15) is 11.6 Å². The van der Waals surface area contributed by atoms with Gasteiger partial charge < -0.3 is 20.8 Å². The number of nitrogens with zero attached hydrogens (tertiary/aromatic N) is 4. The maximum atomic E-state index is 13.8. The van der Waals surface area contributed by atoms with Crippen molar-refractivity contribution >= 4 is 24.7 Å². The molecule has 0 spiro atoms. The zero-order valence-corrected chi connectivity index (χ0v) is 20.0. The Kier molecular flexibility index (Phi) is 9.36. The van der Waals surface area contributed by atoms with E-state index >= 15 is 0 Å². The second kappa shape index (κ2) is 12.4. The van der Waals surface area contributed by atoms with Gasteiger partial charge in [-0.25, -0.2) is 9.37 Å². The molecule has 4 atom stereocenters. The second-order valence-electron chi connectivity index (χ2n) is 9.30. The van der Waals surface area contributed by atoms with E-state index < -0.39 is 0 Å². The summed E-state index contributed by atoms with van der Waals surface area (Å²) < 4.78 is 13.8. The van der Waals surface area contributed by atoms with Crippen LogP contribution in [0, 0.1) is 24.6 Å². The van der Waals surface area contributed by atoms with E-state index in [1.807, 2.05) is 13.0 Å². The van der Waals surface area contributed by atoms with Crippen LogP contribution < -0.4 is 10.6 Å². The molecule has 4 N–H and O–H groups in total. The Bertz CT molecular complexity index is 968. The summed E-state index contributed by atoms with van der Waals surface area (Å²) in [6, 6.07) is 10.3. The lowest BCUT2D eigenvalue weighted by molar-refractivity contribution is -0.123. The Morgan fingerprint density at radius 3 is 2.51 bits per heavy atom. The van der Waals surface area contributed by atoms with E-state index in [0.717, 1.165) is 36.6 Å². The van der Waals surface area contributed by atoms with Crippen LogP contribution in [-0.4, -0.2) is 69.7 Å². The van der Waals surface area contributed by atoms with E-state index in [-0.39, 0.29) is 18.8 Å². The van der Waals surface area contributed by atoms with Gasteiger partial charge in [0, 0.05) is 36.9 Å². The summed E-state index contributed by atoms with van der Waals surface area (Å²) in [5, 5.41) is 13.8. The number of nitrogen functional groups attached to an aromatic ring is 1. The molecule has 1 aromatic heterocycles. The van der Waals surface area contributed by atoms with Gasteiger partial charge in [-0.15, -0.1) is 0 Å². The van der Waals surface area contributed by atoms with Crippen LogP contribution in [0.25, 0.3) is 0 Å². The largest absolute Gasteiger partial charge is 0.483 e. The predicted octanol–water partition coefficient (Wildman–Crippen LogP) is 2.83. The number of fused-ring (bicyclic) bond motifs is 4. The Labute approximate surface area is 204 Å². The van der Waals surface area contributed by atoms with Crippen molar-refractivity contribution in [3.05, 3.63) is 47.4 Å². The maximum absolute atomic E-state index is 13.8. The van der Waals surface area contributed by atoms with Gasteiger partial charge in [-0.2, -0.15) is 4.98 Å². The van der Waals surface area contributed by atoms with Gasteiger partial charge in [-0.05, 0) is 68.7 Å². The lowest BCUT2D eigenvalue weighted by Crippen LogP contribution is -2.64. The fourth-order valence-corrected chi connectivity index (χ4v) is 6.02. The lowest BCUT2D eigenvalue weighted by atomic mass is 9.71. The SMILES string of the molecule is Cc1cc(N2C[C@H]3C[C@@H](C2)[C@H](Cc2cccc(F)c2)N2CCCC[C@@H]32)nc(N)n1.O=CO.O=CO. The summed E-state index contributed by atoms with van der Waals surface area (Å²) in [5.74, 6) is 2.39. The summed E-state index contributed by atoms with van der Waals surface area (Å²) in [4.78, 5) is 30.7. The standard InChI is InChI=1S/C23H30FN5.2CH2O2/c1-15-9-22(27-23(25)26-15)28-13-17-12-18(14-28)21(29-8-3-2-7-20(17)29)11-16-5-4-6-19(24)10-16;2*2-1-3/h4-6,9-10,17-18,20-21H,2-3,7-8,11-14H2,1H3,(H2,25,26,27);2*1H,(H,2,3)/t17-,18+,20+,21+;;/m1../s1. The third kappa shape index (κ3) is 6.66. The number of aromatic nitrogens is 2. The highest BCUT2D eigenvalue weighted by Gasteiger charge is 2.47. The molecule has 10 heteroatoms. The van der Waals surface area contributed by atoms with Gasteiger partial charge >= 0.3 is 0 Å². The normalized spacial score (nSPS) is 25.1. The number of aryl methyl sites for hydroxylation is 1. The topological polar surface area (TPSA) is 133 Å². The molecule has 2 bridgehead atoms. The molecular formula is C25H34FN5O4. The Hall–Kier alpha value is -3.27. The molecule has 2 aromatic rings. The molecule has 3 aliphatic heterocycles. The molecule has 1 aromatic carbocycles. The van der Waals surface area contributed by atoms with Crippen LogP contribution in [0.3, 0.4) is 0 Å². The van der Waals surface area contributed by atoms with Crippen molar-refractivity contribution in [2.24, 2.45) is 11.8 Å². The smallest absolute Gasteiger partial charge is 0.290 e. The number of carboxylic acid groups (broad SMARTS) is 2. The monoisotopic (exact) mass is 487 g/mol. The zero-order valence-electron chi connectivity index (χ0n) is 20.0. The molecule has 0 radical (unpaired) electrons. The van der Waals surface area contributed by atoms with Crippen LogP contribution in [0.15, 0.2) is 30.3 Å². The van der Waals surface area contributed by atoms with Gasteiger partial charge in [0.2, 0.25) is 5.95 Å². The summed E-state index contributed by atoms with van der Waals surface area (Å²) >= 11 is 0. The third-order valence-corrected chi connectivity index (χ3v) is 7.14. The quantitative estimate of drug-likeness (QED) is 0.559. The number of benzene rings is 1. The van der Waals surface area contributed by atoms with Crippen LogP contribution in [0.5, 0.6) is 0 Å². The first kappa shape index (κ1) is 26.3. The fourth-order valence-electron chi connectivity index (χ4n) is 6.02. The number of piperidine rings is 3. The molecule has 4 heterocycles. The number of nitrogens with two attached hydrogens (primary N) is 1. The van der Waals surface area contributed by atoms with Crippen molar-refractivity contribution in [2.45, 2.75) is 51.1 Å². The second-order valence-corrected chi connectivity index (χ2v) is 9.30. The first-order chi connectivity index (χ1) is 16.9. The van der Waals surface area contributed by atoms with Crippen molar-refractivity contribution in [3.63, 3.8) is 0 Å². The Balaban J connectivity index is 0.000000520. The highest BCUT2D eigenvalue weighted by atomic mass is 19.1.